The fourth-order valence-electron chi connectivity index (χ4n) is 1.87. The Morgan fingerprint density at radius 3 is 2.69 bits per heavy atom. The smallest absolute Gasteiger partial charge is 0.215 e. The molecule has 0 amide bonds. The fourth-order valence-corrected chi connectivity index (χ4v) is 4.39. The zero-order valence-corrected chi connectivity index (χ0v) is 11.0. The van der Waals surface area contributed by atoms with Gasteiger partial charge >= 0.3 is 0 Å². The van der Waals surface area contributed by atoms with Gasteiger partial charge in [-0.05, 0) is 12.8 Å². The molecule has 0 saturated carbocycles. The molecule has 0 aromatic heterocycles. The molecule has 1 fully saturated rings. The SMILES string of the molecule is CCCCCC1CCS(O)(O)N1N[SH](=O)=O. The number of nitrogens with zero attached hydrogens (tertiary/aromatic N) is 1. The zero-order valence-electron chi connectivity index (χ0n) is 9.33. The second-order valence-electron chi connectivity index (χ2n) is 3.96. The van der Waals surface area contributed by atoms with Gasteiger partial charge in [-0.15, -0.1) is 20.0 Å². The topological polar surface area (TPSA) is 89.9 Å². The van der Waals surface area contributed by atoms with Crippen LogP contribution in [0, 0.1) is 0 Å². The molecule has 0 bridgehead atoms. The number of thiol groups is 1. The van der Waals surface area contributed by atoms with Gasteiger partial charge in [-0.2, -0.15) is 0 Å². The van der Waals surface area contributed by atoms with Crippen LogP contribution in [0.1, 0.15) is 39.0 Å². The third-order valence-electron chi connectivity index (χ3n) is 2.69. The molecule has 1 unspecified atom stereocenters. The first-order chi connectivity index (χ1) is 7.47. The quantitative estimate of drug-likeness (QED) is 0.433. The molecule has 3 N–H and O–H groups in total. The van der Waals surface area contributed by atoms with Crippen LogP contribution < -0.4 is 4.83 Å². The van der Waals surface area contributed by atoms with E-state index in [0.717, 1.165) is 30.1 Å². The molecule has 0 aromatic carbocycles. The molecule has 1 rings (SSSR count). The van der Waals surface area contributed by atoms with E-state index in [0.29, 0.717) is 6.42 Å². The predicted molar refractivity (Wildman–Crippen MR) is 65.6 cm³/mol. The van der Waals surface area contributed by atoms with Crippen molar-refractivity contribution >= 4 is 21.7 Å². The standard InChI is InChI=1S/C8H20N2O4S2/c1-2-3-4-5-8-6-7-16(13,14)10(8)9-15(11)12/h8,13-15H,2-7H2,1H3,(H,9,11,12). The Balaban J connectivity index is 2.55. The van der Waals surface area contributed by atoms with Crippen molar-refractivity contribution in [1.82, 2.24) is 9.25 Å². The van der Waals surface area contributed by atoms with Gasteiger partial charge in [0.2, 0.25) is 10.9 Å². The summed E-state index contributed by atoms with van der Waals surface area (Å²) in [6, 6.07) is -0.0931. The summed E-state index contributed by atoms with van der Waals surface area (Å²) < 4.78 is 41.7. The normalized spacial score (nSPS) is 27.4. The first kappa shape index (κ1) is 14.2. The lowest BCUT2D eigenvalue weighted by Crippen LogP contribution is -2.41. The summed E-state index contributed by atoms with van der Waals surface area (Å²) in [5, 5.41) is 0. The number of unbranched alkanes of at least 4 members (excludes halogenated alkanes) is 2. The van der Waals surface area contributed by atoms with E-state index in [1.807, 2.05) is 0 Å². The molecule has 16 heavy (non-hydrogen) atoms. The van der Waals surface area contributed by atoms with E-state index in [1.54, 1.807) is 0 Å². The summed E-state index contributed by atoms with van der Waals surface area (Å²) in [6.45, 7) is 2.09. The summed E-state index contributed by atoms with van der Waals surface area (Å²) >= 11 is 0. The van der Waals surface area contributed by atoms with E-state index in [9.17, 15) is 17.5 Å². The van der Waals surface area contributed by atoms with Crippen LogP contribution in [0.3, 0.4) is 0 Å². The van der Waals surface area contributed by atoms with Gasteiger partial charge in [0.05, 0.1) is 5.75 Å². The number of hydrazine groups is 1. The van der Waals surface area contributed by atoms with Crippen LogP contribution in [-0.4, -0.2) is 33.7 Å². The first-order valence-electron chi connectivity index (χ1n) is 5.43. The maximum Gasteiger partial charge on any atom is 0.215 e. The average molecular weight is 272 g/mol. The van der Waals surface area contributed by atoms with E-state index in [-0.39, 0.29) is 11.8 Å². The van der Waals surface area contributed by atoms with Crippen molar-refractivity contribution in [2.24, 2.45) is 0 Å². The zero-order chi connectivity index (χ0) is 12.2. The molecule has 98 valence electrons. The Morgan fingerprint density at radius 1 is 1.44 bits per heavy atom. The predicted octanol–water partition coefficient (Wildman–Crippen LogP) is 1.34. The highest BCUT2D eigenvalue weighted by molar-refractivity contribution is 8.22. The highest BCUT2D eigenvalue weighted by Crippen LogP contribution is 2.50. The Morgan fingerprint density at radius 2 is 2.12 bits per heavy atom. The Kier molecular flexibility index (Phi) is 5.48. The Labute approximate surface area is 99.6 Å². The van der Waals surface area contributed by atoms with E-state index < -0.39 is 21.7 Å². The summed E-state index contributed by atoms with van der Waals surface area (Å²) in [5.41, 5.74) is 0. The van der Waals surface area contributed by atoms with Gasteiger partial charge in [-0.1, -0.05) is 26.2 Å². The van der Waals surface area contributed by atoms with Gasteiger partial charge in [0.1, 0.15) is 0 Å². The average Bonchev–Trinajstić information content (AvgIpc) is 2.45. The molecule has 0 spiro atoms. The lowest BCUT2D eigenvalue weighted by Gasteiger charge is -2.37. The van der Waals surface area contributed by atoms with Crippen molar-refractivity contribution < 1.29 is 17.5 Å². The molecule has 0 aliphatic carbocycles. The minimum atomic E-state index is -2.93. The minimum absolute atomic E-state index is 0.0931. The summed E-state index contributed by atoms with van der Waals surface area (Å²) in [4.78, 5) is 2.13. The van der Waals surface area contributed by atoms with Gasteiger partial charge < -0.3 is 0 Å². The molecule has 1 saturated heterocycles. The third-order valence-corrected chi connectivity index (χ3v) is 5.01. The van der Waals surface area contributed by atoms with Crippen molar-refractivity contribution in [2.45, 2.75) is 45.1 Å². The molecule has 6 nitrogen and oxygen atoms in total. The molecular formula is C8H20N2O4S2. The van der Waals surface area contributed by atoms with Gasteiger partial charge in [0.25, 0.3) is 0 Å². The number of rotatable bonds is 6. The van der Waals surface area contributed by atoms with Crippen LogP contribution >= 0.6 is 10.8 Å². The van der Waals surface area contributed by atoms with E-state index >= 15 is 0 Å². The van der Waals surface area contributed by atoms with Crippen molar-refractivity contribution in [3.63, 3.8) is 0 Å². The highest BCUT2D eigenvalue weighted by Gasteiger charge is 2.37. The van der Waals surface area contributed by atoms with E-state index in [4.69, 9.17) is 0 Å². The largest absolute Gasteiger partial charge is 0.284 e. The lowest BCUT2D eigenvalue weighted by atomic mass is 10.1. The molecular weight excluding hydrogens is 252 g/mol. The lowest BCUT2D eigenvalue weighted by molar-refractivity contribution is 0.270. The molecule has 0 radical (unpaired) electrons. The fraction of sp³-hybridized carbons (Fsp3) is 1.00. The second-order valence-corrected chi connectivity index (χ2v) is 6.74. The molecule has 1 aliphatic heterocycles. The summed E-state index contributed by atoms with van der Waals surface area (Å²) in [6.07, 6.45) is 4.56. The highest BCUT2D eigenvalue weighted by atomic mass is 32.3. The van der Waals surface area contributed by atoms with E-state index in [2.05, 4.69) is 11.8 Å². The number of hydrogen-bond acceptors (Lipinski definition) is 5. The van der Waals surface area contributed by atoms with E-state index in [1.165, 1.54) is 0 Å². The molecule has 1 heterocycles. The van der Waals surface area contributed by atoms with Crippen LogP contribution in [0.15, 0.2) is 0 Å². The Hall–Kier alpha value is 0.140. The molecule has 1 aliphatic rings. The van der Waals surface area contributed by atoms with Crippen molar-refractivity contribution in [3.05, 3.63) is 0 Å². The van der Waals surface area contributed by atoms with Crippen molar-refractivity contribution in [1.29, 1.82) is 0 Å². The van der Waals surface area contributed by atoms with Crippen molar-refractivity contribution in [3.8, 4) is 0 Å². The third kappa shape index (κ3) is 3.86. The second kappa shape index (κ2) is 6.18. The molecule has 0 aromatic rings. The number of nitrogens with one attached hydrogen (secondary N) is 1. The monoisotopic (exact) mass is 272 g/mol. The van der Waals surface area contributed by atoms with Gasteiger partial charge in [0.15, 0.2) is 0 Å². The van der Waals surface area contributed by atoms with Gasteiger partial charge in [-0.3, -0.25) is 9.11 Å². The maximum absolute atomic E-state index is 10.6. The van der Waals surface area contributed by atoms with Crippen molar-refractivity contribution in [2.75, 3.05) is 5.75 Å². The maximum atomic E-state index is 10.6. The summed E-state index contributed by atoms with van der Waals surface area (Å²) in [5.74, 6) is 0.250. The van der Waals surface area contributed by atoms with Gasteiger partial charge in [0, 0.05) is 6.04 Å². The van der Waals surface area contributed by atoms with Gasteiger partial charge in [-0.25, -0.2) is 8.42 Å². The Bertz CT molecular complexity index is 288. The first-order valence-corrected chi connectivity index (χ1v) is 8.28. The molecule has 1 atom stereocenters. The minimum Gasteiger partial charge on any atom is -0.284 e. The molecule has 8 heteroatoms. The van der Waals surface area contributed by atoms with Crippen LogP contribution in [0.5, 0.6) is 0 Å². The number of hydrogen-bond donors (Lipinski definition) is 4. The van der Waals surface area contributed by atoms with Crippen LogP contribution in [0.25, 0.3) is 0 Å². The van der Waals surface area contributed by atoms with Crippen LogP contribution in [0.2, 0.25) is 0 Å². The summed E-state index contributed by atoms with van der Waals surface area (Å²) in [7, 11) is -5.77. The van der Waals surface area contributed by atoms with Crippen LogP contribution in [0.4, 0.5) is 0 Å². The van der Waals surface area contributed by atoms with Crippen LogP contribution in [-0.2, 0) is 10.9 Å².